The zero-order chi connectivity index (χ0) is 9.35. The molecule has 1 saturated carbocycles. The van der Waals surface area contributed by atoms with Crippen molar-refractivity contribution in [3.05, 3.63) is 12.7 Å². The van der Waals surface area contributed by atoms with E-state index in [1.807, 2.05) is 0 Å². The third-order valence-electron chi connectivity index (χ3n) is 2.25. The highest BCUT2D eigenvalue weighted by molar-refractivity contribution is 6.01. The number of rotatable bonds is 4. The summed E-state index contributed by atoms with van der Waals surface area (Å²) in [5.41, 5.74) is -1.75. The summed E-state index contributed by atoms with van der Waals surface area (Å²) < 4.78 is 0. The van der Waals surface area contributed by atoms with Crippen LogP contribution in [0, 0.1) is 11.3 Å². The van der Waals surface area contributed by atoms with Crippen LogP contribution in [0.15, 0.2) is 12.7 Å². The Kier molecular flexibility index (Phi) is 1.92. The SMILES string of the molecule is C=CC(C(=O)O)(C(=O)O)C1CC1. The van der Waals surface area contributed by atoms with E-state index in [2.05, 4.69) is 6.58 Å². The summed E-state index contributed by atoms with van der Waals surface area (Å²) >= 11 is 0. The molecule has 0 aromatic carbocycles. The second-order valence-corrected chi connectivity index (χ2v) is 2.96. The zero-order valence-corrected chi connectivity index (χ0v) is 6.49. The molecule has 4 heteroatoms. The quantitative estimate of drug-likeness (QED) is 0.482. The van der Waals surface area contributed by atoms with E-state index in [9.17, 15) is 9.59 Å². The number of hydrogen-bond acceptors (Lipinski definition) is 2. The fourth-order valence-electron chi connectivity index (χ4n) is 1.32. The molecule has 0 aromatic rings. The van der Waals surface area contributed by atoms with E-state index >= 15 is 0 Å². The van der Waals surface area contributed by atoms with Gasteiger partial charge in [0.25, 0.3) is 0 Å². The molecule has 0 spiro atoms. The summed E-state index contributed by atoms with van der Waals surface area (Å²) in [7, 11) is 0. The van der Waals surface area contributed by atoms with Crippen LogP contribution in [0.5, 0.6) is 0 Å². The van der Waals surface area contributed by atoms with E-state index in [-0.39, 0.29) is 5.92 Å². The van der Waals surface area contributed by atoms with Crippen LogP contribution in [0.25, 0.3) is 0 Å². The highest BCUT2D eigenvalue weighted by Crippen LogP contribution is 2.46. The van der Waals surface area contributed by atoms with E-state index in [1.165, 1.54) is 0 Å². The second-order valence-electron chi connectivity index (χ2n) is 2.96. The van der Waals surface area contributed by atoms with Crippen LogP contribution >= 0.6 is 0 Å². The average Bonchev–Trinajstić information content (AvgIpc) is 2.72. The van der Waals surface area contributed by atoms with Gasteiger partial charge in [0.1, 0.15) is 0 Å². The zero-order valence-electron chi connectivity index (χ0n) is 6.49. The maximum atomic E-state index is 10.7. The van der Waals surface area contributed by atoms with Gasteiger partial charge >= 0.3 is 11.9 Å². The first-order valence-corrected chi connectivity index (χ1v) is 3.66. The molecule has 1 rings (SSSR count). The van der Waals surface area contributed by atoms with Crippen LogP contribution in [0.3, 0.4) is 0 Å². The maximum Gasteiger partial charge on any atom is 0.325 e. The minimum atomic E-state index is -1.75. The van der Waals surface area contributed by atoms with E-state index < -0.39 is 17.4 Å². The van der Waals surface area contributed by atoms with E-state index in [0.717, 1.165) is 6.08 Å². The molecule has 66 valence electrons. The molecule has 0 bridgehead atoms. The molecule has 0 aromatic heterocycles. The predicted molar refractivity (Wildman–Crippen MR) is 40.6 cm³/mol. The molecule has 0 radical (unpaired) electrons. The summed E-state index contributed by atoms with van der Waals surface area (Å²) in [6, 6.07) is 0. The monoisotopic (exact) mass is 170 g/mol. The lowest BCUT2D eigenvalue weighted by Gasteiger charge is -2.19. The van der Waals surface area contributed by atoms with Gasteiger partial charge in [-0.3, -0.25) is 9.59 Å². The minimum absolute atomic E-state index is 0.273. The highest BCUT2D eigenvalue weighted by atomic mass is 16.4. The Morgan fingerprint density at radius 2 is 1.75 bits per heavy atom. The largest absolute Gasteiger partial charge is 0.480 e. The van der Waals surface area contributed by atoms with Gasteiger partial charge in [-0.1, -0.05) is 6.08 Å². The number of carbonyl (C=O) groups is 2. The average molecular weight is 170 g/mol. The first-order valence-electron chi connectivity index (χ1n) is 3.66. The summed E-state index contributed by atoms with van der Waals surface area (Å²) in [6.07, 6.45) is 2.34. The molecular formula is C8H10O4. The molecule has 0 aliphatic heterocycles. The first kappa shape index (κ1) is 8.77. The Morgan fingerprint density at radius 1 is 1.33 bits per heavy atom. The second kappa shape index (κ2) is 2.62. The van der Waals surface area contributed by atoms with E-state index in [4.69, 9.17) is 10.2 Å². The van der Waals surface area contributed by atoms with Gasteiger partial charge in [0.15, 0.2) is 5.41 Å². The fourth-order valence-corrected chi connectivity index (χ4v) is 1.32. The van der Waals surface area contributed by atoms with Gasteiger partial charge in [-0.25, -0.2) is 0 Å². The molecule has 0 amide bonds. The molecule has 2 N–H and O–H groups in total. The molecule has 0 unspecified atom stereocenters. The Morgan fingerprint density at radius 3 is 1.83 bits per heavy atom. The first-order chi connectivity index (χ1) is 5.55. The Balaban J connectivity index is 3.02. The van der Waals surface area contributed by atoms with Crippen molar-refractivity contribution in [2.75, 3.05) is 0 Å². The minimum Gasteiger partial charge on any atom is -0.480 e. The van der Waals surface area contributed by atoms with Crippen LogP contribution in [-0.4, -0.2) is 22.2 Å². The molecule has 0 saturated heterocycles. The Bertz CT molecular complexity index is 225. The third kappa shape index (κ3) is 0.995. The van der Waals surface area contributed by atoms with Crippen molar-refractivity contribution < 1.29 is 19.8 Å². The number of carboxylic acids is 2. The van der Waals surface area contributed by atoms with E-state index in [0.29, 0.717) is 12.8 Å². The molecule has 1 aliphatic carbocycles. The van der Waals surface area contributed by atoms with E-state index in [1.54, 1.807) is 0 Å². The van der Waals surface area contributed by atoms with Crippen molar-refractivity contribution >= 4 is 11.9 Å². The topological polar surface area (TPSA) is 74.6 Å². The summed E-state index contributed by atoms with van der Waals surface area (Å²) in [5.74, 6) is -2.90. The molecule has 1 fully saturated rings. The summed E-state index contributed by atoms with van der Waals surface area (Å²) in [5, 5.41) is 17.5. The van der Waals surface area contributed by atoms with Crippen LogP contribution in [-0.2, 0) is 9.59 Å². The highest BCUT2D eigenvalue weighted by Gasteiger charge is 2.55. The number of carboxylic acid groups (broad SMARTS) is 2. The van der Waals surface area contributed by atoms with Crippen molar-refractivity contribution in [2.24, 2.45) is 11.3 Å². The van der Waals surface area contributed by atoms with Crippen molar-refractivity contribution in [2.45, 2.75) is 12.8 Å². The van der Waals surface area contributed by atoms with Crippen molar-refractivity contribution in [3.63, 3.8) is 0 Å². The van der Waals surface area contributed by atoms with Gasteiger partial charge < -0.3 is 10.2 Å². The maximum absolute atomic E-state index is 10.7. The van der Waals surface area contributed by atoms with Gasteiger partial charge in [0.05, 0.1) is 0 Å². The lowest BCUT2D eigenvalue weighted by Crippen LogP contribution is -2.39. The van der Waals surface area contributed by atoms with Gasteiger partial charge in [-0.15, -0.1) is 6.58 Å². The van der Waals surface area contributed by atoms with Crippen LogP contribution in [0.2, 0.25) is 0 Å². The number of hydrogen-bond donors (Lipinski definition) is 2. The molecule has 12 heavy (non-hydrogen) atoms. The third-order valence-corrected chi connectivity index (χ3v) is 2.25. The smallest absolute Gasteiger partial charge is 0.325 e. The normalized spacial score (nSPS) is 17.0. The lowest BCUT2D eigenvalue weighted by molar-refractivity contribution is -0.162. The Hall–Kier alpha value is -1.32. The summed E-state index contributed by atoms with van der Waals surface area (Å²) in [6.45, 7) is 3.28. The molecular weight excluding hydrogens is 160 g/mol. The fraction of sp³-hybridized carbons (Fsp3) is 0.500. The molecule has 0 atom stereocenters. The molecule has 1 aliphatic rings. The van der Waals surface area contributed by atoms with Crippen molar-refractivity contribution in [1.29, 1.82) is 0 Å². The molecule has 4 nitrogen and oxygen atoms in total. The van der Waals surface area contributed by atoms with Gasteiger partial charge in [0.2, 0.25) is 0 Å². The standard InChI is InChI=1S/C8H10O4/c1-2-8(6(9)10,7(11)12)5-3-4-5/h2,5H,1,3-4H2,(H,9,10)(H,11,12). The van der Waals surface area contributed by atoms with Crippen molar-refractivity contribution in [1.82, 2.24) is 0 Å². The van der Waals surface area contributed by atoms with Crippen LogP contribution in [0.4, 0.5) is 0 Å². The van der Waals surface area contributed by atoms with Gasteiger partial charge in [-0.05, 0) is 18.8 Å². The van der Waals surface area contributed by atoms with Crippen molar-refractivity contribution in [3.8, 4) is 0 Å². The molecule has 0 heterocycles. The van der Waals surface area contributed by atoms with Crippen LogP contribution < -0.4 is 0 Å². The van der Waals surface area contributed by atoms with Gasteiger partial charge in [0, 0.05) is 0 Å². The Labute approximate surface area is 69.5 Å². The van der Waals surface area contributed by atoms with Crippen LogP contribution in [0.1, 0.15) is 12.8 Å². The lowest BCUT2D eigenvalue weighted by atomic mass is 9.83. The summed E-state index contributed by atoms with van der Waals surface area (Å²) in [4.78, 5) is 21.4. The predicted octanol–water partition coefficient (Wildman–Crippen LogP) is 0.738. The van der Waals surface area contributed by atoms with Gasteiger partial charge in [-0.2, -0.15) is 0 Å². The number of aliphatic carboxylic acids is 2.